The number of allylic oxidation sites excluding steroid dienone is 1. The molecule has 4 rings (SSSR count). The molecule has 2 aromatic rings. The van der Waals surface area contributed by atoms with Gasteiger partial charge in [-0.3, -0.25) is 0 Å². The van der Waals surface area contributed by atoms with Crippen molar-refractivity contribution in [3.63, 3.8) is 0 Å². The average Bonchev–Trinajstić information content (AvgIpc) is 3.53. The molecule has 35 heavy (non-hydrogen) atoms. The van der Waals surface area contributed by atoms with Gasteiger partial charge in [-0.15, -0.1) is 11.3 Å². The largest absolute Gasteiger partial charge is 0.140 e. The molecular weight excluding hydrogens is 440 g/mol. The molecule has 1 unspecified atom stereocenters. The normalized spacial score (nSPS) is 19.9. The van der Waals surface area contributed by atoms with Crippen LogP contribution in [0.2, 0.25) is 0 Å². The Bertz CT molecular complexity index is 1130. The number of aryl methyl sites for hydroxylation is 1. The van der Waals surface area contributed by atoms with Crippen molar-refractivity contribution in [3.8, 4) is 0 Å². The Morgan fingerprint density at radius 3 is 2.11 bits per heavy atom. The van der Waals surface area contributed by atoms with Crippen LogP contribution < -0.4 is 0 Å². The predicted molar refractivity (Wildman–Crippen MR) is 158 cm³/mol. The first-order valence-electron chi connectivity index (χ1n) is 14.2. The molecule has 0 amide bonds. The molecule has 0 aliphatic heterocycles. The van der Waals surface area contributed by atoms with Crippen molar-refractivity contribution < 1.29 is 0 Å². The Labute approximate surface area is 221 Å². The summed E-state index contributed by atoms with van der Waals surface area (Å²) in [6, 6.07) is 5.08. The minimum atomic E-state index is 0.269. The highest BCUT2D eigenvalue weighted by molar-refractivity contribution is 7.19. The molecule has 0 bridgehead atoms. The summed E-state index contributed by atoms with van der Waals surface area (Å²) in [5, 5.41) is 1.51. The minimum absolute atomic E-state index is 0.269. The molecule has 2 aliphatic rings. The number of hydrogen-bond acceptors (Lipinski definition) is 1. The molecule has 1 heterocycles. The number of thiophene rings is 1. The Hall–Kier alpha value is -1.08. The molecule has 1 aromatic carbocycles. The van der Waals surface area contributed by atoms with E-state index in [1.165, 1.54) is 53.3 Å². The highest BCUT2D eigenvalue weighted by Crippen LogP contribution is 2.56. The van der Waals surface area contributed by atoms with Crippen LogP contribution >= 0.6 is 11.3 Å². The smallest absolute Gasteiger partial charge is 0.0354 e. The van der Waals surface area contributed by atoms with E-state index >= 15 is 0 Å². The maximum Gasteiger partial charge on any atom is 0.0354 e. The zero-order valence-corrected chi connectivity index (χ0v) is 25.7. The van der Waals surface area contributed by atoms with E-state index in [1.807, 2.05) is 0 Å². The second kappa shape index (κ2) is 8.75. The third kappa shape index (κ3) is 4.69. The van der Waals surface area contributed by atoms with E-state index in [1.54, 1.807) is 16.0 Å². The van der Waals surface area contributed by atoms with Crippen molar-refractivity contribution in [1.82, 2.24) is 0 Å². The first-order valence-corrected chi connectivity index (χ1v) is 15.0. The Kier molecular flexibility index (Phi) is 6.74. The fourth-order valence-corrected chi connectivity index (χ4v) is 7.79. The van der Waals surface area contributed by atoms with E-state index in [4.69, 9.17) is 0 Å². The van der Waals surface area contributed by atoms with Crippen molar-refractivity contribution in [1.29, 1.82) is 0 Å². The summed E-state index contributed by atoms with van der Waals surface area (Å²) in [6.45, 7) is 29.6. The highest BCUT2D eigenvalue weighted by Gasteiger charge is 2.47. The topological polar surface area (TPSA) is 0 Å². The van der Waals surface area contributed by atoms with Gasteiger partial charge in [-0.2, -0.15) is 0 Å². The molecule has 1 atom stereocenters. The minimum Gasteiger partial charge on any atom is -0.140 e. The van der Waals surface area contributed by atoms with Crippen LogP contribution in [-0.2, 0) is 12.8 Å². The summed E-state index contributed by atoms with van der Waals surface area (Å²) >= 11 is 2.05. The summed E-state index contributed by atoms with van der Waals surface area (Å²) < 4.78 is 1.49. The lowest BCUT2D eigenvalue weighted by Gasteiger charge is -2.46. The Balaban J connectivity index is 1.71. The van der Waals surface area contributed by atoms with Crippen LogP contribution in [0.4, 0.5) is 0 Å². The zero-order valence-electron chi connectivity index (χ0n) is 24.9. The maximum atomic E-state index is 2.61. The van der Waals surface area contributed by atoms with Gasteiger partial charge in [0, 0.05) is 15.0 Å². The molecule has 0 spiro atoms. The number of hydrogen-bond donors (Lipinski definition) is 0. The van der Waals surface area contributed by atoms with E-state index in [0.717, 1.165) is 5.92 Å². The molecule has 194 valence electrons. The monoisotopic (exact) mass is 492 g/mol. The van der Waals surface area contributed by atoms with Gasteiger partial charge in [-0.25, -0.2) is 0 Å². The van der Waals surface area contributed by atoms with Gasteiger partial charge in [0.1, 0.15) is 0 Å². The van der Waals surface area contributed by atoms with Gasteiger partial charge in [-0.05, 0) is 107 Å². The van der Waals surface area contributed by atoms with Crippen molar-refractivity contribution in [2.75, 3.05) is 0 Å². The van der Waals surface area contributed by atoms with Crippen LogP contribution in [0.15, 0.2) is 17.7 Å². The van der Waals surface area contributed by atoms with Gasteiger partial charge in [0.05, 0.1) is 0 Å². The molecule has 1 heteroatoms. The first kappa shape index (κ1) is 27.0. The van der Waals surface area contributed by atoms with Crippen molar-refractivity contribution in [2.24, 2.45) is 39.4 Å². The predicted octanol–water partition coefficient (Wildman–Crippen LogP) is 10.9. The lowest BCUT2D eigenvalue weighted by molar-refractivity contribution is 0.0543. The van der Waals surface area contributed by atoms with Gasteiger partial charge in [0.25, 0.3) is 0 Å². The van der Waals surface area contributed by atoms with Crippen LogP contribution in [0.3, 0.4) is 0 Å². The Morgan fingerprint density at radius 1 is 0.914 bits per heavy atom. The molecule has 2 aliphatic carbocycles. The summed E-state index contributed by atoms with van der Waals surface area (Å²) in [7, 11) is 0. The average molecular weight is 493 g/mol. The maximum absolute atomic E-state index is 2.61. The van der Waals surface area contributed by atoms with Crippen molar-refractivity contribution >= 4 is 27.5 Å². The van der Waals surface area contributed by atoms with E-state index in [-0.39, 0.29) is 5.41 Å². The standard InChI is InChI=1S/C34H52S/c1-21(2)33(9,10)31(5,6)19-24-17-27-28-18-25(20-32(7,8)34(11,12)26-13-14-26)23(4)16-30(28)35-29(27)15-22(24)3/h16-18,21-22,26H,13-15,19-20H2,1-12H3. The van der Waals surface area contributed by atoms with Crippen LogP contribution in [-0.4, -0.2) is 0 Å². The van der Waals surface area contributed by atoms with Gasteiger partial charge in [-0.1, -0.05) is 87.8 Å². The summed E-state index contributed by atoms with van der Waals surface area (Å²) in [5.74, 6) is 2.21. The highest BCUT2D eigenvalue weighted by atomic mass is 32.1. The van der Waals surface area contributed by atoms with Crippen LogP contribution in [0, 0.1) is 46.3 Å². The third-order valence-electron chi connectivity index (χ3n) is 11.5. The van der Waals surface area contributed by atoms with Crippen molar-refractivity contribution in [3.05, 3.63) is 39.3 Å². The van der Waals surface area contributed by atoms with Crippen LogP contribution in [0.25, 0.3) is 16.2 Å². The quantitative estimate of drug-likeness (QED) is 0.344. The van der Waals surface area contributed by atoms with Gasteiger partial charge in [0.2, 0.25) is 0 Å². The SMILES string of the molecule is Cc1cc2sc3c(c2cc1CC(C)(C)C(C)(C)C1CC1)C=C(CC(C)(C)C(C)(C)C(C)C)C(C)C3. The van der Waals surface area contributed by atoms with Crippen molar-refractivity contribution in [2.45, 2.75) is 115 Å². The third-order valence-corrected chi connectivity index (χ3v) is 12.7. The number of rotatable bonds is 8. The van der Waals surface area contributed by atoms with E-state index in [2.05, 4.69) is 113 Å². The van der Waals surface area contributed by atoms with E-state index in [9.17, 15) is 0 Å². The Morgan fingerprint density at radius 2 is 1.54 bits per heavy atom. The first-order chi connectivity index (χ1) is 16.0. The molecule has 0 nitrogen and oxygen atoms in total. The van der Waals surface area contributed by atoms with Crippen LogP contribution in [0.5, 0.6) is 0 Å². The zero-order chi connectivity index (χ0) is 26.1. The molecule has 0 saturated heterocycles. The fraction of sp³-hybridized carbons (Fsp3) is 0.706. The second-order valence-electron chi connectivity index (χ2n) is 15.0. The lowest BCUT2D eigenvalue weighted by Crippen LogP contribution is -2.38. The number of benzene rings is 1. The van der Waals surface area contributed by atoms with Gasteiger partial charge < -0.3 is 0 Å². The van der Waals surface area contributed by atoms with E-state index < -0.39 is 0 Å². The molecule has 1 aromatic heterocycles. The molecule has 0 N–H and O–H groups in total. The molecular formula is C34H52S. The molecule has 0 radical (unpaired) electrons. The van der Waals surface area contributed by atoms with Gasteiger partial charge >= 0.3 is 0 Å². The second-order valence-corrected chi connectivity index (χ2v) is 16.2. The lowest BCUT2D eigenvalue weighted by atomic mass is 9.59. The van der Waals surface area contributed by atoms with Gasteiger partial charge in [0.15, 0.2) is 0 Å². The molecule has 1 saturated carbocycles. The fourth-order valence-electron chi connectivity index (χ4n) is 6.40. The summed E-state index contributed by atoms with van der Waals surface area (Å²) in [4.78, 5) is 1.60. The van der Waals surface area contributed by atoms with E-state index in [0.29, 0.717) is 28.1 Å². The van der Waals surface area contributed by atoms with Crippen LogP contribution in [0.1, 0.15) is 117 Å². The number of fused-ring (bicyclic) bond motifs is 3. The molecule has 1 fully saturated rings. The summed E-state index contributed by atoms with van der Waals surface area (Å²) in [6.07, 6.45) is 9.01. The summed E-state index contributed by atoms with van der Waals surface area (Å²) in [5.41, 5.74) is 7.49.